The molecule has 0 unspecified atom stereocenters. The van der Waals surface area contributed by atoms with Crippen LogP contribution in [-0.4, -0.2) is 16.3 Å². The predicted molar refractivity (Wildman–Crippen MR) is 72.4 cm³/mol. The smallest absolute Gasteiger partial charge is 0.115 e. The first-order valence-corrected chi connectivity index (χ1v) is 5.53. The van der Waals surface area contributed by atoms with E-state index in [0.29, 0.717) is 12.0 Å². The fourth-order valence-electron chi connectivity index (χ4n) is 1.46. The standard InChI is InChI=1S/C13H21NO2.ClH/c1-13(2,3)12(14)8-11(16)9-5-4-6-10(15)7-9;/h4-7,11-12,15-16H,8,14H2,1-3H3;1H/t11-,12-;/m0./s1. The maximum absolute atomic E-state index is 9.99. The molecule has 0 amide bonds. The lowest BCUT2D eigenvalue weighted by Crippen LogP contribution is -2.36. The van der Waals surface area contributed by atoms with Crippen molar-refractivity contribution in [1.29, 1.82) is 0 Å². The molecule has 3 nitrogen and oxygen atoms in total. The van der Waals surface area contributed by atoms with E-state index in [1.54, 1.807) is 24.3 Å². The van der Waals surface area contributed by atoms with Crippen molar-refractivity contribution in [2.75, 3.05) is 0 Å². The van der Waals surface area contributed by atoms with Crippen LogP contribution >= 0.6 is 12.4 Å². The van der Waals surface area contributed by atoms with Crippen LogP contribution in [0.2, 0.25) is 0 Å². The molecule has 0 radical (unpaired) electrons. The highest BCUT2D eigenvalue weighted by Crippen LogP contribution is 2.27. The topological polar surface area (TPSA) is 66.5 Å². The molecule has 1 rings (SSSR count). The molecule has 2 atom stereocenters. The minimum absolute atomic E-state index is 0. The average molecular weight is 260 g/mol. The summed E-state index contributed by atoms with van der Waals surface area (Å²) < 4.78 is 0. The number of aromatic hydroxyl groups is 1. The van der Waals surface area contributed by atoms with Crippen LogP contribution in [0.25, 0.3) is 0 Å². The molecule has 0 aliphatic rings. The molecule has 17 heavy (non-hydrogen) atoms. The SMILES string of the molecule is CC(C)(C)[C@@H](N)C[C@H](O)c1cccc(O)c1.Cl. The van der Waals surface area contributed by atoms with Crippen molar-refractivity contribution in [3.05, 3.63) is 29.8 Å². The normalized spacial score (nSPS) is 14.9. The van der Waals surface area contributed by atoms with Gasteiger partial charge in [-0.1, -0.05) is 32.9 Å². The van der Waals surface area contributed by atoms with Crippen molar-refractivity contribution in [2.45, 2.75) is 39.3 Å². The van der Waals surface area contributed by atoms with E-state index in [9.17, 15) is 10.2 Å². The van der Waals surface area contributed by atoms with E-state index in [-0.39, 0.29) is 29.6 Å². The molecule has 0 fully saturated rings. The summed E-state index contributed by atoms with van der Waals surface area (Å²) in [4.78, 5) is 0. The van der Waals surface area contributed by atoms with Gasteiger partial charge in [-0.05, 0) is 29.5 Å². The maximum Gasteiger partial charge on any atom is 0.115 e. The van der Waals surface area contributed by atoms with Gasteiger partial charge in [0.25, 0.3) is 0 Å². The molecular formula is C13H22ClNO2. The van der Waals surface area contributed by atoms with Gasteiger partial charge >= 0.3 is 0 Å². The van der Waals surface area contributed by atoms with Gasteiger partial charge < -0.3 is 15.9 Å². The van der Waals surface area contributed by atoms with Gasteiger partial charge in [0.1, 0.15) is 5.75 Å². The van der Waals surface area contributed by atoms with Crippen LogP contribution in [-0.2, 0) is 0 Å². The number of rotatable bonds is 3. The first-order chi connectivity index (χ1) is 7.30. The first kappa shape index (κ1) is 16.2. The Balaban J connectivity index is 0.00000256. The van der Waals surface area contributed by atoms with Gasteiger partial charge in [0.05, 0.1) is 6.10 Å². The van der Waals surface area contributed by atoms with Gasteiger partial charge in [0.2, 0.25) is 0 Å². The molecule has 4 heteroatoms. The minimum atomic E-state index is -0.624. The summed E-state index contributed by atoms with van der Waals surface area (Å²) in [6, 6.07) is 6.58. The number of hydrogen-bond acceptors (Lipinski definition) is 3. The highest BCUT2D eigenvalue weighted by atomic mass is 35.5. The molecule has 98 valence electrons. The highest BCUT2D eigenvalue weighted by molar-refractivity contribution is 5.85. The van der Waals surface area contributed by atoms with Crippen LogP contribution < -0.4 is 5.73 Å². The van der Waals surface area contributed by atoms with Crippen molar-refractivity contribution in [3.63, 3.8) is 0 Å². The molecule has 0 saturated carbocycles. The zero-order chi connectivity index (χ0) is 12.3. The first-order valence-electron chi connectivity index (χ1n) is 5.53. The summed E-state index contributed by atoms with van der Waals surface area (Å²) in [7, 11) is 0. The molecule has 0 aromatic heterocycles. The van der Waals surface area contributed by atoms with Crippen LogP contribution in [0.3, 0.4) is 0 Å². The number of aliphatic hydroxyl groups excluding tert-OH is 1. The minimum Gasteiger partial charge on any atom is -0.508 e. The van der Waals surface area contributed by atoms with E-state index in [1.165, 1.54) is 0 Å². The molecule has 1 aromatic carbocycles. The van der Waals surface area contributed by atoms with E-state index in [1.807, 2.05) is 20.8 Å². The van der Waals surface area contributed by atoms with Crippen molar-refractivity contribution in [3.8, 4) is 5.75 Å². The second-order valence-electron chi connectivity index (χ2n) is 5.32. The Hall–Kier alpha value is -0.770. The fraction of sp³-hybridized carbons (Fsp3) is 0.538. The van der Waals surface area contributed by atoms with Crippen molar-refractivity contribution in [1.82, 2.24) is 0 Å². The van der Waals surface area contributed by atoms with Crippen LogP contribution in [0.1, 0.15) is 38.9 Å². The van der Waals surface area contributed by atoms with Crippen LogP contribution in [0.15, 0.2) is 24.3 Å². The molecule has 0 aliphatic heterocycles. The molecule has 0 spiro atoms. The number of benzene rings is 1. The van der Waals surface area contributed by atoms with Gasteiger partial charge in [-0.3, -0.25) is 0 Å². The van der Waals surface area contributed by atoms with E-state index >= 15 is 0 Å². The molecule has 4 N–H and O–H groups in total. The van der Waals surface area contributed by atoms with Crippen LogP contribution in [0.4, 0.5) is 0 Å². The maximum atomic E-state index is 9.99. The number of halogens is 1. The van der Waals surface area contributed by atoms with Crippen LogP contribution in [0, 0.1) is 5.41 Å². The lowest BCUT2D eigenvalue weighted by molar-refractivity contribution is 0.133. The number of phenols is 1. The Kier molecular flexibility index (Phi) is 5.96. The zero-order valence-electron chi connectivity index (χ0n) is 10.6. The Morgan fingerprint density at radius 1 is 1.29 bits per heavy atom. The molecule has 1 aromatic rings. The van der Waals surface area contributed by atoms with Gasteiger partial charge in [0.15, 0.2) is 0 Å². The molecular weight excluding hydrogens is 238 g/mol. The van der Waals surface area contributed by atoms with Crippen molar-refractivity contribution >= 4 is 12.4 Å². The summed E-state index contributed by atoms with van der Waals surface area (Å²) in [6.45, 7) is 6.15. The summed E-state index contributed by atoms with van der Waals surface area (Å²) in [5.74, 6) is 0.167. The van der Waals surface area contributed by atoms with E-state index in [0.717, 1.165) is 0 Å². The third-order valence-corrected chi connectivity index (χ3v) is 2.84. The Morgan fingerprint density at radius 3 is 2.35 bits per heavy atom. The molecule has 0 heterocycles. The fourth-order valence-corrected chi connectivity index (χ4v) is 1.46. The predicted octanol–water partition coefficient (Wildman–Crippen LogP) is 2.61. The summed E-state index contributed by atoms with van der Waals surface area (Å²) in [6.07, 6.45) is -0.131. The monoisotopic (exact) mass is 259 g/mol. The Labute approximate surface area is 109 Å². The average Bonchev–Trinajstić information content (AvgIpc) is 2.16. The quantitative estimate of drug-likeness (QED) is 0.782. The van der Waals surface area contributed by atoms with E-state index < -0.39 is 6.10 Å². The van der Waals surface area contributed by atoms with Gasteiger partial charge in [-0.15, -0.1) is 12.4 Å². The zero-order valence-corrected chi connectivity index (χ0v) is 11.4. The van der Waals surface area contributed by atoms with E-state index in [2.05, 4.69) is 0 Å². The molecule has 0 saturated heterocycles. The number of hydrogen-bond donors (Lipinski definition) is 3. The van der Waals surface area contributed by atoms with Gasteiger partial charge in [-0.2, -0.15) is 0 Å². The summed E-state index contributed by atoms with van der Waals surface area (Å²) >= 11 is 0. The second kappa shape index (κ2) is 6.24. The Morgan fingerprint density at radius 2 is 1.88 bits per heavy atom. The second-order valence-corrected chi connectivity index (χ2v) is 5.32. The number of phenolic OH excluding ortho intramolecular Hbond substituents is 1. The largest absolute Gasteiger partial charge is 0.508 e. The lowest BCUT2D eigenvalue weighted by atomic mass is 9.83. The third kappa shape index (κ3) is 4.94. The van der Waals surface area contributed by atoms with Gasteiger partial charge in [0, 0.05) is 6.04 Å². The lowest BCUT2D eigenvalue weighted by Gasteiger charge is -2.29. The number of aliphatic hydroxyl groups is 1. The van der Waals surface area contributed by atoms with Crippen molar-refractivity contribution in [2.24, 2.45) is 11.1 Å². The van der Waals surface area contributed by atoms with Crippen molar-refractivity contribution < 1.29 is 10.2 Å². The Bertz CT molecular complexity index is 350. The molecule has 0 aliphatic carbocycles. The third-order valence-electron chi connectivity index (χ3n) is 2.84. The number of nitrogens with two attached hydrogens (primary N) is 1. The molecule has 0 bridgehead atoms. The van der Waals surface area contributed by atoms with Gasteiger partial charge in [-0.25, -0.2) is 0 Å². The highest BCUT2D eigenvalue weighted by Gasteiger charge is 2.23. The van der Waals surface area contributed by atoms with Crippen LogP contribution in [0.5, 0.6) is 5.75 Å². The van der Waals surface area contributed by atoms with E-state index in [4.69, 9.17) is 5.73 Å². The summed E-state index contributed by atoms with van der Waals surface area (Å²) in [5, 5.41) is 19.3. The summed E-state index contributed by atoms with van der Waals surface area (Å²) in [5.41, 5.74) is 6.68.